The SMILES string of the molecule is Cc1nc2cc(C(=O)N3CCN(C)CC3)ccc2n1-c1ccccc1. The van der Waals surface area contributed by atoms with Crippen LogP contribution in [-0.2, 0) is 0 Å². The van der Waals surface area contributed by atoms with Gasteiger partial charge in [0, 0.05) is 37.4 Å². The molecule has 2 heterocycles. The molecule has 0 saturated carbocycles. The Hall–Kier alpha value is -2.66. The summed E-state index contributed by atoms with van der Waals surface area (Å²) in [6.07, 6.45) is 0. The van der Waals surface area contributed by atoms with E-state index in [0.717, 1.165) is 54.3 Å². The van der Waals surface area contributed by atoms with Crippen LogP contribution >= 0.6 is 0 Å². The van der Waals surface area contributed by atoms with Crippen LogP contribution in [0.4, 0.5) is 0 Å². The van der Waals surface area contributed by atoms with Crippen LogP contribution in [0.1, 0.15) is 16.2 Å². The Morgan fingerprint density at radius 2 is 1.72 bits per heavy atom. The number of carbonyl (C=O) groups excluding carboxylic acids is 1. The minimum atomic E-state index is 0.0990. The summed E-state index contributed by atoms with van der Waals surface area (Å²) in [6, 6.07) is 16.0. The number of para-hydroxylation sites is 1. The third kappa shape index (κ3) is 2.91. The molecule has 4 rings (SSSR count). The molecule has 0 radical (unpaired) electrons. The normalized spacial score (nSPS) is 15.7. The van der Waals surface area contributed by atoms with E-state index in [1.54, 1.807) is 0 Å². The highest BCUT2D eigenvalue weighted by Crippen LogP contribution is 2.23. The third-order valence-corrected chi connectivity index (χ3v) is 4.87. The van der Waals surface area contributed by atoms with Crippen LogP contribution in [0.2, 0.25) is 0 Å². The van der Waals surface area contributed by atoms with Gasteiger partial charge in [-0.05, 0) is 44.3 Å². The molecule has 1 fully saturated rings. The topological polar surface area (TPSA) is 41.4 Å². The van der Waals surface area contributed by atoms with E-state index in [9.17, 15) is 4.79 Å². The summed E-state index contributed by atoms with van der Waals surface area (Å²) in [7, 11) is 2.09. The maximum atomic E-state index is 12.8. The Kier molecular flexibility index (Phi) is 4.01. The van der Waals surface area contributed by atoms with Crippen molar-refractivity contribution >= 4 is 16.9 Å². The lowest BCUT2D eigenvalue weighted by Gasteiger charge is -2.32. The average molecular weight is 334 g/mol. The first-order valence-electron chi connectivity index (χ1n) is 8.66. The number of imidazole rings is 1. The molecule has 1 aliphatic heterocycles. The first-order chi connectivity index (χ1) is 12.1. The zero-order valence-electron chi connectivity index (χ0n) is 14.6. The second kappa shape index (κ2) is 6.33. The van der Waals surface area contributed by atoms with E-state index >= 15 is 0 Å². The van der Waals surface area contributed by atoms with Gasteiger partial charge in [-0.3, -0.25) is 9.36 Å². The van der Waals surface area contributed by atoms with E-state index in [1.807, 2.05) is 48.2 Å². The highest BCUT2D eigenvalue weighted by molar-refractivity contribution is 5.97. The number of nitrogens with zero attached hydrogens (tertiary/aromatic N) is 4. The van der Waals surface area contributed by atoms with Crippen molar-refractivity contribution in [1.29, 1.82) is 0 Å². The molecule has 0 N–H and O–H groups in total. The maximum Gasteiger partial charge on any atom is 0.254 e. The molecule has 25 heavy (non-hydrogen) atoms. The largest absolute Gasteiger partial charge is 0.336 e. The van der Waals surface area contributed by atoms with Crippen LogP contribution in [0.5, 0.6) is 0 Å². The zero-order valence-corrected chi connectivity index (χ0v) is 14.6. The molecule has 0 bridgehead atoms. The Morgan fingerprint density at radius 1 is 1.00 bits per heavy atom. The Bertz CT molecular complexity index is 908. The number of rotatable bonds is 2. The Labute approximate surface area is 147 Å². The molecular formula is C20H22N4O. The van der Waals surface area contributed by atoms with Crippen molar-refractivity contribution in [2.75, 3.05) is 33.2 Å². The minimum absolute atomic E-state index is 0.0990. The second-order valence-electron chi connectivity index (χ2n) is 6.63. The van der Waals surface area contributed by atoms with Crippen LogP contribution < -0.4 is 0 Å². The van der Waals surface area contributed by atoms with E-state index < -0.39 is 0 Å². The molecule has 1 saturated heterocycles. The lowest BCUT2D eigenvalue weighted by Crippen LogP contribution is -2.47. The Morgan fingerprint density at radius 3 is 2.44 bits per heavy atom. The van der Waals surface area contributed by atoms with Crippen LogP contribution in [0.3, 0.4) is 0 Å². The molecule has 0 spiro atoms. The van der Waals surface area contributed by atoms with E-state index in [2.05, 4.69) is 33.6 Å². The van der Waals surface area contributed by atoms with Gasteiger partial charge in [-0.25, -0.2) is 4.98 Å². The van der Waals surface area contributed by atoms with Gasteiger partial charge >= 0.3 is 0 Å². The summed E-state index contributed by atoms with van der Waals surface area (Å²) in [5, 5.41) is 0. The van der Waals surface area contributed by atoms with Gasteiger partial charge in [-0.2, -0.15) is 0 Å². The summed E-state index contributed by atoms with van der Waals surface area (Å²) >= 11 is 0. The maximum absolute atomic E-state index is 12.8. The first-order valence-corrected chi connectivity index (χ1v) is 8.66. The van der Waals surface area contributed by atoms with Gasteiger partial charge in [0.25, 0.3) is 5.91 Å². The van der Waals surface area contributed by atoms with Crippen molar-refractivity contribution in [2.45, 2.75) is 6.92 Å². The Balaban J connectivity index is 1.69. The number of likely N-dealkylation sites (N-methyl/N-ethyl adjacent to an activating group) is 1. The number of aryl methyl sites for hydroxylation is 1. The fourth-order valence-corrected chi connectivity index (χ4v) is 3.43. The number of benzene rings is 2. The molecule has 1 aliphatic rings. The average Bonchev–Trinajstić information content (AvgIpc) is 2.97. The molecule has 2 aromatic carbocycles. The summed E-state index contributed by atoms with van der Waals surface area (Å²) in [4.78, 5) is 21.6. The number of fused-ring (bicyclic) bond motifs is 1. The predicted octanol–water partition coefficient (Wildman–Crippen LogP) is 2.72. The summed E-state index contributed by atoms with van der Waals surface area (Å²) in [5.41, 5.74) is 3.69. The summed E-state index contributed by atoms with van der Waals surface area (Å²) < 4.78 is 2.12. The van der Waals surface area contributed by atoms with Crippen molar-refractivity contribution in [1.82, 2.24) is 19.4 Å². The van der Waals surface area contributed by atoms with Crippen LogP contribution in [0.25, 0.3) is 16.7 Å². The van der Waals surface area contributed by atoms with Gasteiger partial charge in [0.2, 0.25) is 0 Å². The van der Waals surface area contributed by atoms with E-state index in [1.165, 1.54) is 0 Å². The summed E-state index contributed by atoms with van der Waals surface area (Å²) in [6.45, 7) is 5.41. The van der Waals surface area contributed by atoms with E-state index in [-0.39, 0.29) is 5.91 Å². The highest BCUT2D eigenvalue weighted by atomic mass is 16.2. The van der Waals surface area contributed by atoms with Crippen molar-refractivity contribution in [2.24, 2.45) is 0 Å². The van der Waals surface area contributed by atoms with Crippen molar-refractivity contribution in [3.63, 3.8) is 0 Å². The fourth-order valence-electron chi connectivity index (χ4n) is 3.43. The molecule has 128 valence electrons. The fraction of sp³-hybridized carbons (Fsp3) is 0.300. The number of carbonyl (C=O) groups is 1. The molecule has 5 nitrogen and oxygen atoms in total. The van der Waals surface area contributed by atoms with E-state index in [0.29, 0.717) is 0 Å². The second-order valence-corrected chi connectivity index (χ2v) is 6.63. The van der Waals surface area contributed by atoms with E-state index in [4.69, 9.17) is 0 Å². The van der Waals surface area contributed by atoms with Gasteiger partial charge in [0.15, 0.2) is 0 Å². The smallest absolute Gasteiger partial charge is 0.254 e. The molecule has 0 unspecified atom stereocenters. The number of aromatic nitrogens is 2. The molecule has 1 aromatic heterocycles. The zero-order chi connectivity index (χ0) is 17.4. The lowest BCUT2D eigenvalue weighted by atomic mass is 10.1. The monoisotopic (exact) mass is 334 g/mol. The standard InChI is InChI=1S/C20H22N4O/c1-15-21-18-14-16(20(25)23-12-10-22(2)11-13-23)8-9-19(18)24(15)17-6-4-3-5-7-17/h3-9,14H,10-13H2,1-2H3. The number of piperazine rings is 1. The molecule has 3 aromatic rings. The third-order valence-electron chi connectivity index (χ3n) is 4.87. The molecule has 0 aliphatic carbocycles. The van der Waals surface area contributed by atoms with Gasteiger partial charge in [0.1, 0.15) is 5.82 Å². The summed E-state index contributed by atoms with van der Waals surface area (Å²) in [5.74, 6) is 1.02. The molecular weight excluding hydrogens is 312 g/mol. The minimum Gasteiger partial charge on any atom is -0.336 e. The van der Waals surface area contributed by atoms with Crippen molar-refractivity contribution in [3.8, 4) is 5.69 Å². The van der Waals surface area contributed by atoms with Gasteiger partial charge in [-0.15, -0.1) is 0 Å². The van der Waals surface area contributed by atoms with Crippen LogP contribution in [0, 0.1) is 6.92 Å². The number of hydrogen-bond acceptors (Lipinski definition) is 3. The van der Waals surface area contributed by atoms with Gasteiger partial charge < -0.3 is 9.80 Å². The van der Waals surface area contributed by atoms with Gasteiger partial charge in [-0.1, -0.05) is 18.2 Å². The van der Waals surface area contributed by atoms with Crippen LogP contribution in [-0.4, -0.2) is 58.5 Å². The van der Waals surface area contributed by atoms with Gasteiger partial charge in [0.05, 0.1) is 11.0 Å². The first kappa shape index (κ1) is 15.8. The predicted molar refractivity (Wildman–Crippen MR) is 99.2 cm³/mol. The highest BCUT2D eigenvalue weighted by Gasteiger charge is 2.21. The van der Waals surface area contributed by atoms with Crippen LogP contribution in [0.15, 0.2) is 48.5 Å². The van der Waals surface area contributed by atoms with Crippen molar-refractivity contribution < 1.29 is 4.79 Å². The quantitative estimate of drug-likeness (QED) is 0.724. The number of hydrogen-bond donors (Lipinski definition) is 0. The number of amides is 1. The molecule has 5 heteroatoms. The molecule has 1 amide bonds. The van der Waals surface area contributed by atoms with Crippen molar-refractivity contribution in [3.05, 3.63) is 59.9 Å². The molecule has 0 atom stereocenters. The lowest BCUT2D eigenvalue weighted by molar-refractivity contribution is 0.0664.